The van der Waals surface area contributed by atoms with Gasteiger partial charge in [0.1, 0.15) is 23.8 Å². The van der Waals surface area contributed by atoms with Gasteiger partial charge in [0, 0.05) is 26.6 Å². The molecule has 2 fully saturated rings. The predicted octanol–water partition coefficient (Wildman–Crippen LogP) is 3.86. The maximum Gasteiger partial charge on any atom is 0.332 e. The molecule has 43 heavy (non-hydrogen) atoms. The van der Waals surface area contributed by atoms with Gasteiger partial charge in [0.2, 0.25) is 11.8 Å². The molecular formula is C33H32FN5O4. The first-order valence-corrected chi connectivity index (χ1v) is 14.2. The van der Waals surface area contributed by atoms with Gasteiger partial charge < -0.3 is 20.2 Å². The zero-order valence-corrected chi connectivity index (χ0v) is 23.7. The van der Waals surface area contributed by atoms with Crippen molar-refractivity contribution in [2.24, 2.45) is 0 Å². The van der Waals surface area contributed by atoms with E-state index in [0.717, 1.165) is 27.5 Å². The number of nitrogens with one attached hydrogen (secondary N) is 1. The molecule has 2 heterocycles. The zero-order valence-electron chi connectivity index (χ0n) is 23.7. The average molecular weight is 582 g/mol. The molecule has 2 saturated heterocycles. The van der Waals surface area contributed by atoms with Gasteiger partial charge >= 0.3 is 6.03 Å². The SMILES string of the molecule is CN(C(=O)NCc1ccc(F)cc1)N1CC(=O)N2[C@@H](Cc3ccc(O)cc3)C(=O)N(Cc3cccc4ccccc34)C[C@@H]21. The summed E-state index contributed by atoms with van der Waals surface area (Å²) in [6.45, 7) is 0.690. The lowest BCUT2D eigenvalue weighted by molar-refractivity contribution is -0.157. The maximum atomic E-state index is 14.1. The van der Waals surface area contributed by atoms with E-state index in [1.807, 2.05) is 42.5 Å². The number of phenolic OH excluding ortho intramolecular Hbond substituents is 1. The van der Waals surface area contributed by atoms with Crippen LogP contribution in [-0.4, -0.2) is 75.1 Å². The molecule has 9 nitrogen and oxygen atoms in total. The van der Waals surface area contributed by atoms with Crippen LogP contribution >= 0.6 is 0 Å². The Kier molecular flexibility index (Phi) is 7.69. The van der Waals surface area contributed by atoms with E-state index in [1.165, 1.54) is 17.1 Å². The van der Waals surface area contributed by atoms with Crippen molar-refractivity contribution < 1.29 is 23.9 Å². The van der Waals surface area contributed by atoms with Crippen molar-refractivity contribution >= 4 is 28.6 Å². The largest absolute Gasteiger partial charge is 0.508 e. The molecular weight excluding hydrogens is 549 g/mol. The van der Waals surface area contributed by atoms with E-state index in [-0.39, 0.29) is 49.4 Å². The number of benzene rings is 4. The monoisotopic (exact) mass is 581 g/mol. The number of carbonyl (C=O) groups excluding carboxylic acids is 3. The number of aromatic hydroxyl groups is 1. The van der Waals surface area contributed by atoms with Crippen LogP contribution in [-0.2, 0) is 29.1 Å². The van der Waals surface area contributed by atoms with Gasteiger partial charge in [-0.1, -0.05) is 66.7 Å². The van der Waals surface area contributed by atoms with E-state index in [1.54, 1.807) is 58.3 Å². The molecule has 2 atom stereocenters. The van der Waals surface area contributed by atoms with Crippen LogP contribution < -0.4 is 5.32 Å². The standard InChI is InChI=1S/C33H32FN5O4/c1-36(33(43)35-18-23-9-13-26(34)14-10-23)38-21-31(41)39-29(17-22-11-15-27(40)16-12-22)32(42)37(20-30(38)39)19-25-7-4-6-24-5-2-3-8-28(24)25/h2-16,29-30,40H,17-21H2,1H3,(H,35,43)/t29-,30+/m0/s1. The maximum absolute atomic E-state index is 14.1. The van der Waals surface area contributed by atoms with Crippen LogP contribution in [0.3, 0.4) is 0 Å². The van der Waals surface area contributed by atoms with Gasteiger partial charge in [0.25, 0.3) is 0 Å². The normalized spacial score (nSPS) is 18.7. The molecule has 4 aromatic rings. The van der Waals surface area contributed by atoms with Gasteiger partial charge in [-0.25, -0.2) is 9.18 Å². The number of fused-ring (bicyclic) bond motifs is 2. The Morgan fingerprint density at radius 1 is 0.953 bits per heavy atom. The third-order valence-electron chi connectivity index (χ3n) is 8.21. The van der Waals surface area contributed by atoms with Crippen molar-refractivity contribution in [2.45, 2.75) is 31.7 Å². The second-order valence-corrected chi connectivity index (χ2v) is 10.9. The fourth-order valence-corrected chi connectivity index (χ4v) is 5.95. The Bertz CT molecular complexity index is 1660. The first kappa shape index (κ1) is 28.2. The van der Waals surface area contributed by atoms with Crippen LogP contribution in [0.25, 0.3) is 10.8 Å². The molecule has 0 saturated carbocycles. The number of hydrogen-bond acceptors (Lipinski definition) is 5. The van der Waals surface area contributed by atoms with E-state index in [0.29, 0.717) is 6.54 Å². The molecule has 4 aromatic carbocycles. The lowest BCUT2D eigenvalue weighted by atomic mass is 9.99. The lowest BCUT2D eigenvalue weighted by Gasteiger charge is -2.46. The fourth-order valence-electron chi connectivity index (χ4n) is 5.95. The number of rotatable bonds is 7. The fraction of sp³-hybridized carbons (Fsp3) is 0.242. The van der Waals surface area contributed by atoms with Crippen LogP contribution in [0, 0.1) is 5.82 Å². The lowest BCUT2D eigenvalue weighted by Crippen LogP contribution is -2.65. The predicted molar refractivity (Wildman–Crippen MR) is 159 cm³/mol. The van der Waals surface area contributed by atoms with Crippen molar-refractivity contribution in [1.82, 2.24) is 25.1 Å². The highest BCUT2D eigenvalue weighted by Crippen LogP contribution is 2.31. The van der Waals surface area contributed by atoms with Crippen molar-refractivity contribution in [3.05, 3.63) is 114 Å². The molecule has 0 unspecified atom stereocenters. The summed E-state index contributed by atoms with van der Waals surface area (Å²) in [5, 5.41) is 17.8. The molecule has 10 heteroatoms. The highest BCUT2D eigenvalue weighted by Gasteiger charge is 2.51. The van der Waals surface area contributed by atoms with Crippen molar-refractivity contribution in [3.8, 4) is 5.75 Å². The third-order valence-corrected chi connectivity index (χ3v) is 8.21. The van der Waals surface area contributed by atoms with Gasteiger partial charge in [-0.2, -0.15) is 5.01 Å². The van der Waals surface area contributed by atoms with Gasteiger partial charge in [-0.3, -0.25) is 14.6 Å². The van der Waals surface area contributed by atoms with Gasteiger partial charge in [0.15, 0.2) is 0 Å². The van der Waals surface area contributed by atoms with Crippen LogP contribution in [0.4, 0.5) is 9.18 Å². The van der Waals surface area contributed by atoms with Gasteiger partial charge in [-0.05, 0) is 51.7 Å². The summed E-state index contributed by atoms with van der Waals surface area (Å²) in [5.74, 6) is -0.656. The molecule has 0 radical (unpaired) electrons. The summed E-state index contributed by atoms with van der Waals surface area (Å²) < 4.78 is 13.3. The number of hydrogen-bond donors (Lipinski definition) is 2. The molecule has 4 amide bonds. The molecule has 220 valence electrons. The summed E-state index contributed by atoms with van der Waals surface area (Å²) in [6, 6.07) is 25.3. The molecule has 2 aliphatic heterocycles. The van der Waals surface area contributed by atoms with Crippen LogP contribution in [0.2, 0.25) is 0 Å². The summed E-state index contributed by atoms with van der Waals surface area (Å²) in [6.07, 6.45) is -0.300. The second kappa shape index (κ2) is 11.7. The van der Waals surface area contributed by atoms with Crippen molar-refractivity contribution in [1.29, 1.82) is 0 Å². The molecule has 0 aliphatic carbocycles. The van der Waals surface area contributed by atoms with Crippen LogP contribution in [0.15, 0.2) is 91.0 Å². The summed E-state index contributed by atoms with van der Waals surface area (Å²) in [4.78, 5) is 44.1. The molecule has 0 bridgehead atoms. The number of nitrogens with zero attached hydrogens (tertiary/aromatic N) is 4. The summed E-state index contributed by atoms with van der Waals surface area (Å²) in [7, 11) is 1.59. The van der Waals surface area contributed by atoms with Gasteiger partial charge in [-0.15, -0.1) is 0 Å². The number of urea groups is 1. The minimum atomic E-state index is -0.786. The third kappa shape index (κ3) is 5.74. The topological polar surface area (TPSA) is 96.4 Å². The molecule has 2 N–H and O–H groups in total. The summed E-state index contributed by atoms with van der Waals surface area (Å²) in [5.41, 5.74) is 2.53. The number of carbonyl (C=O) groups is 3. The minimum absolute atomic E-state index is 0.0629. The molecule has 0 spiro atoms. The summed E-state index contributed by atoms with van der Waals surface area (Å²) >= 11 is 0. The second-order valence-electron chi connectivity index (χ2n) is 10.9. The molecule has 6 rings (SSSR count). The molecule has 0 aromatic heterocycles. The Labute approximate surface area is 248 Å². The quantitative estimate of drug-likeness (QED) is 0.346. The smallest absolute Gasteiger partial charge is 0.332 e. The van der Waals surface area contributed by atoms with Crippen molar-refractivity contribution in [2.75, 3.05) is 20.1 Å². The Morgan fingerprint density at radius 3 is 2.42 bits per heavy atom. The Hall–Kier alpha value is -4.96. The van der Waals surface area contributed by atoms with Crippen LogP contribution in [0.1, 0.15) is 16.7 Å². The molecule has 2 aliphatic rings. The van der Waals surface area contributed by atoms with Crippen LogP contribution in [0.5, 0.6) is 5.75 Å². The first-order chi connectivity index (χ1) is 20.8. The number of amides is 4. The highest BCUT2D eigenvalue weighted by molar-refractivity contribution is 5.92. The van der Waals surface area contributed by atoms with E-state index < -0.39 is 18.2 Å². The Morgan fingerprint density at radius 2 is 1.65 bits per heavy atom. The zero-order chi connectivity index (χ0) is 30.1. The Balaban J connectivity index is 1.27. The van der Waals surface area contributed by atoms with E-state index >= 15 is 0 Å². The number of phenols is 1. The number of hydrazine groups is 1. The van der Waals surface area contributed by atoms with Gasteiger partial charge in [0.05, 0.1) is 13.1 Å². The average Bonchev–Trinajstić information content (AvgIpc) is 3.34. The van der Waals surface area contributed by atoms with E-state index in [4.69, 9.17) is 0 Å². The minimum Gasteiger partial charge on any atom is -0.508 e. The number of piperazine rings is 1. The highest BCUT2D eigenvalue weighted by atomic mass is 19.1. The van der Waals surface area contributed by atoms with E-state index in [9.17, 15) is 23.9 Å². The van der Waals surface area contributed by atoms with Crippen molar-refractivity contribution in [3.63, 3.8) is 0 Å². The van der Waals surface area contributed by atoms with E-state index in [2.05, 4.69) is 5.32 Å². The number of halogens is 1. The first-order valence-electron chi connectivity index (χ1n) is 14.2.